The first-order chi connectivity index (χ1) is 10.0. The molecule has 0 amide bonds. The van der Waals surface area contributed by atoms with Crippen LogP contribution in [-0.4, -0.2) is 30.8 Å². The third-order valence-corrected chi connectivity index (χ3v) is 5.62. The lowest BCUT2D eigenvalue weighted by atomic mass is 9.98. The van der Waals surface area contributed by atoms with Crippen LogP contribution < -0.4 is 10.5 Å². The van der Waals surface area contributed by atoms with Gasteiger partial charge in [0.25, 0.3) is 0 Å². The number of hydrogen-bond donors (Lipinski definition) is 2. The van der Waals surface area contributed by atoms with E-state index in [9.17, 15) is 8.42 Å². The number of hydrogen-bond acceptors (Lipinski definition) is 4. The average molecular weight is 314 g/mol. The summed E-state index contributed by atoms with van der Waals surface area (Å²) in [6, 6.07) is 0.0323. The summed E-state index contributed by atoms with van der Waals surface area (Å²) in [5, 5.41) is 4.09. The molecule has 0 bridgehead atoms. The van der Waals surface area contributed by atoms with Gasteiger partial charge in [-0.1, -0.05) is 26.2 Å². The highest BCUT2D eigenvalue weighted by Gasteiger charge is 2.26. The van der Waals surface area contributed by atoms with Crippen molar-refractivity contribution < 1.29 is 8.42 Å². The van der Waals surface area contributed by atoms with Crippen molar-refractivity contribution in [2.24, 2.45) is 11.7 Å². The summed E-state index contributed by atoms with van der Waals surface area (Å²) in [6.45, 7) is 3.34. The molecule has 0 saturated heterocycles. The molecule has 1 aromatic rings. The molecule has 21 heavy (non-hydrogen) atoms. The van der Waals surface area contributed by atoms with Crippen molar-refractivity contribution in [1.82, 2.24) is 14.5 Å². The first-order valence-electron chi connectivity index (χ1n) is 7.78. The molecule has 1 aliphatic carbocycles. The second-order valence-electron chi connectivity index (χ2n) is 5.92. The van der Waals surface area contributed by atoms with Gasteiger partial charge < -0.3 is 5.73 Å². The van der Waals surface area contributed by atoms with E-state index < -0.39 is 10.0 Å². The minimum absolute atomic E-state index is 0.0323. The van der Waals surface area contributed by atoms with E-state index in [2.05, 4.69) is 16.7 Å². The molecular formula is C14H26N4O2S. The highest BCUT2D eigenvalue weighted by Crippen LogP contribution is 2.24. The molecule has 2 atom stereocenters. The number of nitrogens with two attached hydrogens (primary N) is 1. The fraction of sp³-hybridized carbons (Fsp3) is 0.786. The van der Waals surface area contributed by atoms with Gasteiger partial charge in [-0.2, -0.15) is 5.10 Å². The van der Waals surface area contributed by atoms with Crippen molar-refractivity contribution in [3.63, 3.8) is 0 Å². The average Bonchev–Trinajstić information content (AvgIpc) is 2.84. The third-order valence-electron chi connectivity index (χ3n) is 4.18. The summed E-state index contributed by atoms with van der Waals surface area (Å²) in [6.07, 6.45) is 9.27. The summed E-state index contributed by atoms with van der Waals surface area (Å²) < 4.78 is 29.4. The number of rotatable bonds is 6. The van der Waals surface area contributed by atoms with Crippen LogP contribution in [0, 0.1) is 5.92 Å². The monoisotopic (exact) mass is 314 g/mol. The van der Waals surface area contributed by atoms with Gasteiger partial charge in [-0.15, -0.1) is 0 Å². The summed E-state index contributed by atoms with van der Waals surface area (Å²) in [5.74, 6) is 0.384. The molecule has 7 heteroatoms. The molecular weight excluding hydrogens is 288 g/mol. The molecule has 1 fully saturated rings. The minimum Gasteiger partial charge on any atom is -0.330 e. The van der Waals surface area contributed by atoms with Crippen LogP contribution >= 0.6 is 0 Å². The van der Waals surface area contributed by atoms with Crippen molar-refractivity contribution in [3.8, 4) is 0 Å². The van der Waals surface area contributed by atoms with Crippen LogP contribution in [0.5, 0.6) is 0 Å². The van der Waals surface area contributed by atoms with E-state index in [0.717, 1.165) is 25.7 Å². The predicted octanol–water partition coefficient (Wildman–Crippen LogP) is 1.48. The largest absolute Gasteiger partial charge is 0.330 e. The molecule has 0 aromatic carbocycles. The molecule has 3 N–H and O–H groups in total. The second kappa shape index (κ2) is 7.38. The quantitative estimate of drug-likeness (QED) is 0.778. The lowest BCUT2D eigenvalue weighted by Crippen LogP contribution is -2.38. The van der Waals surface area contributed by atoms with E-state index in [0.29, 0.717) is 19.0 Å². The summed E-state index contributed by atoms with van der Waals surface area (Å²) in [5.41, 5.74) is 5.45. The predicted molar refractivity (Wildman–Crippen MR) is 82.3 cm³/mol. The van der Waals surface area contributed by atoms with Gasteiger partial charge in [0, 0.05) is 18.8 Å². The molecule has 6 nitrogen and oxygen atoms in total. The molecule has 0 aliphatic heterocycles. The van der Waals surface area contributed by atoms with Gasteiger partial charge in [0.2, 0.25) is 10.0 Å². The number of aromatic nitrogens is 2. The molecule has 2 rings (SSSR count). The third kappa shape index (κ3) is 4.52. The Morgan fingerprint density at radius 3 is 2.90 bits per heavy atom. The first-order valence-corrected chi connectivity index (χ1v) is 9.26. The first kappa shape index (κ1) is 16.5. The number of nitrogens with zero attached hydrogens (tertiary/aromatic N) is 2. The van der Waals surface area contributed by atoms with E-state index >= 15 is 0 Å². The molecule has 0 radical (unpaired) electrons. The van der Waals surface area contributed by atoms with E-state index in [1.807, 2.05) is 0 Å². The van der Waals surface area contributed by atoms with Crippen LogP contribution in [0.1, 0.15) is 45.4 Å². The standard InChI is InChI=1S/C14H26N4O2S/c1-12-6-3-2-4-7-14(12)17-21(19,20)13-10-16-18(11-13)9-5-8-15/h10-12,14,17H,2-9,15H2,1H3. The van der Waals surface area contributed by atoms with Crippen LogP contribution in [0.4, 0.5) is 0 Å². The molecule has 0 spiro atoms. The highest BCUT2D eigenvalue weighted by molar-refractivity contribution is 7.89. The zero-order chi connectivity index (χ0) is 15.3. The normalized spacial score (nSPS) is 23.9. The van der Waals surface area contributed by atoms with E-state index in [4.69, 9.17) is 5.73 Å². The maximum atomic E-state index is 12.5. The minimum atomic E-state index is -3.48. The van der Waals surface area contributed by atoms with Gasteiger partial charge in [-0.25, -0.2) is 13.1 Å². The van der Waals surface area contributed by atoms with Gasteiger partial charge in [0.15, 0.2) is 0 Å². The Morgan fingerprint density at radius 1 is 1.38 bits per heavy atom. The van der Waals surface area contributed by atoms with Crippen molar-refractivity contribution >= 4 is 10.0 Å². The molecule has 1 heterocycles. The van der Waals surface area contributed by atoms with Gasteiger partial charge >= 0.3 is 0 Å². The van der Waals surface area contributed by atoms with Gasteiger partial charge in [0.05, 0.1) is 6.20 Å². The van der Waals surface area contributed by atoms with Crippen molar-refractivity contribution in [2.45, 2.75) is 62.9 Å². The Bertz CT molecular complexity index is 541. The Labute approximate surface area is 127 Å². The van der Waals surface area contributed by atoms with Crippen LogP contribution in [0.3, 0.4) is 0 Å². The van der Waals surface area contributed by atoms with Gasteiger partial charge in [-0.3, -0.25) is 4.68 Å². The fourth-order valence-corrected chi connectivity index (χ4v) is 4.13. The van der Waals surface area contributed by atoms with Crippen LogP contribution in [-0.2, 0) is 16.6 Å². The Hall–Kier alpha value is -0.920. The summed E-state index contributed by atoms with van der Waals surface area (Å²) in [7, 11) is -3.48. The lowest BCUT2D eigenvalue weighted by molar-refractivity contribution is 0.399. The maximum Gasteiger partial charge on any atom is 0.243 e. The van der Waals surface area contributed by atoms with Crippen molar-refractivity contribution in [1.29, 1.82) is 0 Å². The molecule has 120 valence electrons. The molecule has 1 aromatic heterocycles. The SMILES string of the molecule is CC1CCCCCC1NS(=O)(=O)c1cnn(CCCN)c1. The van der Waals surface area contributed by atoms with Crippen molar-refractivity contribution in [2.75, 3.05) is 6.54 Å². The zero-order valence-electron chi connectivity index (χ0n) is 12.7. The van der Waals surface area contributed by atoms with Gasteiger partial charge in [0.1, 0.15) is 4.90 Å². The smallest absolute Gasteiger partial charge is 0.243 e. The topological polar surface area (TPSA) is 90.0 Å². The molecule has 2 unspecified atom stereocenters. The Balaban J connectivity index is 2.04. The maximum absolute atomic E-state index is 12.5. The van der Waals surface area contributed by atoms with E-state index in [1.54, 1.807) is 10.9 Å². The van der Waals surface area contributed by atoms with Crippen LogP contribution in [0.25, 0.3) is 0 Å². The van der Waals surface area contributed by atoms with Crippen LogP contribution in [0.2, 0.25) is 0 Å². The summed E-state index contributed by atoms with van der Waals surface area (Å²) >= 11 is 0. The lowest BCUT2D eigenvalue weighted by Gasteiger charge is -2.22. The molecule has 1 aliphatic rings. The van der Waals surface area contributed by atoms with E-state index in [-0.39, 0.29) is 10.9 Å². The Morgan fingerprint density at radius 2 is 2.14 bits per heavy atom. The number of sulfonamides is 1. The van der Waals surface area contributed by atoms with Crippen molar-refractivity contribution in [3.05, 3.63) is 12.4 Å². The number of nitrogens with one attached hydrogen (secondary N) is 1. The Kier molecular flexibility index (Phi) is 5.78. The van der Waals surface area contributed by atoms with E-state index in [1.165, 1.54) is 19.0 Å². The fourth-order valence-electron chi connectivity index (χ4n) is 2.79. The second-order valence-corrected chi connectivity index (χ2v) is 7.64. The zero-order valence-corrected chi connectivity index (χ0v) is 13.5. The molecule has 1 saturated carbocycles. The highest BCUT2D eigenvalue weighted by atomic mass is 32.2. The number of aryl methyl sites for hydroxylation is 1. The summed E-state index contributed by atoms with van der Waals surface area (Å²) in [4.78, 5) is 0.246. The van der Waals surface area contributed by atoms with Gasteiger partial charge in [-0.05, 0) is 31.7 Å². The van der Waals surface area contributed by atoms with Crippen LogP contribution in [0.15, 0.2) is 17.3 Å².